The highest BCUT2D eigenvalue weighted by atomic mass is 32.2. The van der Waals surface area contributed by atoms with E-state index in [0.717, 1.165) is 23.2 Å². The Morgan fingerprint density at radius 2 is 1.80 bits per heavy atom. The van der Waals surface area contributed by atoms with Gasteiger partial charge in [0.25, 0.3) is 10.0 Å². The smallest absolute Gasteiger partial charge is 0.416 e. The summed E-state index contributed by atoms with van der Waals surface area (Å²) in [5.41, 5.74) is 0.512. The van der Waals surface area contributed by atoms with Gasteiger partial charge >= 0.3 is 6.18 Å². The minimum absolute atomic E-state index is 0.0453. The van der Waals surface area contributed by atoms with Crippen molar-refractivity contribution in [1.82, 2.24) is 14.9 Å². The molecule has 0 amide bonds. The van der Waals surface area contributed by atoms with Crippen LogP contribution in [0.3, 0.4) is 0 Å². The van der Waals surface area contributed by atoms with Crippen LogP contribution < -0.4 is 18.7 Å². The number of piperidine rings is 1. The van der Waals surface area contributed by atoms with Gasteiger partial charge in [-0.05, 0) is 81.7 Å². The van der Waals surface area contributed by atoms with Crippen LogP contribution in [0.1, 0.15) is 36.0 Å². The number of hydrogen-bond donors (Lipinski definition) is 0. The number of nitrogens with zero attached hydrogens (tertiary/aromatic N) is 5. The van der Waals surface area contributed by atoms with Gasteiger partial charge in [-0.1, -0.05) is 18.2 Å². The highest BCUT2D eigenvalue weighted by Crippen LogP contribution is 2.36. The van der Waals surface area contributed by atoms with Crippen molar-refractivity contribution in [3.8, 4) is 11.5 Å². The molecule has 0 radical (unpaired) electrons. The molecule has 0 spiro atoms. The van der Waals surface area contributed by atoms with Crippen LogP contribution in [-0.4, -0.2) is 70.2 Å². The van der Waals surface area contributed by atoms with Gasteiger partial charge in [0.15, 0.2) is 0 Å². The Morgan fingerprint density at radius 3 is 2.45 bits per heavy atom. The third kappa shape index (κ3) is 7.91. The largest absolute Gasteiger partial charge is 0.497 e. The number of ether oxygens (including phenoxy) is 2. The number of aryl methyl sites for hydroxylation is 1. The van der Waals surface area contributed by atoms with E-state index in [1.165, 1.54) is 57.1 Å². The van der Waals surface area contributed by atoms with Gasteiger partial charge in [-0.25, -0.2) is 27.1 Å². The van der Waals surface area contributed by atoms with E-state index in [4.69, 9.17) is 9.47 Å². The average molecular weight is 702 g/mol. The van der Waals surface area contributed by atoms with Crippen LogP contribution in [0.4, 0.5) is 29.1 Å². The van der Waals surface area contributed by atoms with E-state index in [0.29, 0.717) is 54.2 Å². The molecule has 1 aliphatic rings. The Bertz CT molecular complexity index is 1860. The Balaban J connectivity index is 1.41. The number of hydrogen-bond acceptors (Lipinski definition) is 8. The molecule has 49 heavy (non-hydrogen) atoms. The Morgan fingerprint density at radius 1 is 1.00 bits per heavy atom. The van der Waals surface area contributed by atoms with Crippen molar-refractivity contribution in [2.45, 2.75) is 48.8 Å². The zero-order chi connectivity index (χ0) is 35.4. The van der Waals surface area contributed by atoms with Crippen molar-refractivity contribution in [2.24, 2.45) is 0 Å². The number of methoxy groups -OCH3 is 2. The first-order valence-electron chi connectivity index (χ1n) is 15.7. The molecule has 0 saturated carbocycles. The highest BCUT2D eigenvalue weighted by molar-refractivity contribution is 7.92. The topological polar surface area (TPSA) is 88.1 Å². The number of anilines is 2. The fourth-order valence-electron chi connectivity index (χ4n) is 6.28. The molecular weight excluding hydrogens is 662 g/mol. The molecule has 1 atom stereocenters. The second-order valence-electron chi connectivity index (χ2n) is 12.2. The monoisotopic (exact) mass is 701 g/mol. The molecule has 0 bridgehead atoms. The van der Waals surface area contributed by atoms with Crippen LogP contribution in [0.2, 0.25) is 0 Å². The van der Waals surface area contributed by atoms with Gasteiger partial charge in [-0.2, -0.15) is 13.2 Å². The number of sulfonamides is 1. The maximum absolute atomic E-state index is 16.0. The minimum atomic E-state index is -4.49. The first-order valence-corrected chi connectivity index (χ1v) is 17.1. The van der Waals surface area contributed by atoms with Crippen molar-refractivity contribution in [2.75, 3.05) is 50.6 Å². The molecule has 0 unspecified atom stereocenters. The molecule has 262 valence electrons. The Labute approximate surface area is 284 Å². The lowest BCUT2D eigenvalue weighted by Crippen LogP contribution is -2.56. The third-order valence-electron chi connectivity index (χ3n) is 9.12. The van der Waals surface area contributed by atoms with E-state index in [-0.39, 0.29) is 12.4 Å². The molecule has 1 saturated heterocycles. The molecule has 1 fully saturated rings. The lowest BCUT2D eigenvalue weighted by Gasteiger charge is -2.48. The number of likely N-dealkylation sites (N-methyl/N-ethyl adjacent to an activating group) is 1. The zero-order valence-corrected chi connectivity index (χ0v) is 28.6. The summed E-state index contributed by atoms with van der Waals surface area (Å²) in [6.45, 7) is 0.876. The first kappa shape index (κ1) is 35.9. The van der Waals surface area contributed by atoms with Crippen molar-refractivity contribution < 1.29 is 35.5 Å². The van der Waals surface area contributed by atoms with Crippen molar-refractivity contribution >= 4 is 21.5 Å². The van der Waals surface area contributed by atoms with Crippen molar-refractivity contribution in [3.63, 3.8) is 0 Å². The fourth-order valence-corrected chi connectivity index (χ4v) is 7.72. The highest BCUT2D eigenvalue weighted by Gasteiger charge is 2.38. The lowest BCUT2D eigenvalue weighted by atomic mass is 9.82. The van der Waals surface area contributed by atoms with Gasteiger partial charge in [-0.3, -0.25) is 0 Å². The summed E-state index contributed by atoms with van der Waals surface area (Å²) in [4.78, 5) is 11.6. The number of halogens is 4. The number of aromatic nitrogens is 2. The molecule has 1 aliphatic heterocycles. The SMILES string of the molecule is COc1ccc(CN(c2ccncn2)S(=O)(=O)c2ccc(N3CCC[C@](CCc4cccc(C(F)(F)F)c4)(N(C)C)C3)cc2F)c(OC)c1. The maximum Gasteiger partial charge on any atom is 0.416 e. The first-order chi connectivity index (χ1) is 23.3. The quantitative estimate of drug-likeness (QED) is 0.153. The van der Waals surface area contributed by atoms with Gasteiger partial charge in [0.2, 0.25) is 0 Å². The molecular formula is C35H39F4N5O4S. The van der Waals surface area contributed by atoms with Crippen LogP contribution in [0.25, 0.3) is 0 Å². The number of benzene rings is 3. The molecule has 3 aromatic carbocycles. The number of alkyl halides is 3. The summed E-state index contributed by atoms with van der Waals surface area (Å²) in [6.07, 6.45) is 0.753. The Kier molecular flexibility index (Phi) is 10.7. The van der Waals surface area contributed by atoms with Crippen LogP contribution >= 0.6 is 0 Å². The van der Waals surface area contributed by atoms with Crippen LogP contribution in [0, 0.1) is 5.82 Å². The van der Waals surface area contributed by atoms with Crippen LogP contribution in [-0.2, 0) is 29.2 Å². The fraction of sp³-hybridized carbons (Fsp3) is 0.371. The predicted octanol–water partition coefficient (Wildman–Crippen LogP) is 6.58. The standard InChI is InChI=1S/C35H39F4N5O4S/c1-42(2)34(16-13-25-7-5-8-27(19-25)35(37,38)39)15-6-18-43(23-34)28-10-12-32(30(36)20-28)49(45,46)44(33-14-17-40-24-41-33)22-26-9-11-29(47-3)21-31(26)48-4/h5,7-12,14,17,19-21,24H,6,13,15-16,18,22-23H2,1-4H3/t34-/m1/s1. The third-order valence-corrected chi connectivity index (χ3v) is 10.9. The summed E-state index contributed by atoms with van der Waals surface area (Å²) in [6, 6.07) is 15.8. The summed E-state index contributed by atoms with van der Waals surface area (Å²) in [5, 5.41) is 0. The Hall–Kier alpha value is -4.43. The molecule has 0 N–H and O–H groups in total. The predicted molar refractivity (Wildman–Crippen MR) is 179 cm³/mol. The van der Waals surface area contributed by atoms with Crippen LogP contribution in [0.15, 0.2) is 84.1 Å². The van der Waals surface area contributed by atoms with E-state index >= 15 is 4.39 Å². The molecule has 0 aliphatic carbocycles. The molecule has 4 aromatic rings. The van der Waals surface area contributed by atoms with E-state index in [1.54, 1.807) is 30.3 Å². The van der Waals surface area contributed by atoms with Gasteiger partial charge < -0.3 is 19.3 Å². The van der Waals surface area contributed by atoms with E-state index in [1.807, 2.05) is 19.0 Å². The normalized spacial score (nSPS) is 16.9. The van der Waals surface area contributed by atoms with E-state index in [2.05, 4.69) is 14.9 Å². The summed E-state index contributed by atoms with van der Waals surface area (Å²) in [5.74, 6) is 0.0180. The second-order valence-corrected chi connectivity index (χ2v) is 14.0. The summed E-state index contributed by atoms with van der Waals surface area (Å²) in [7, 11) is 2.34. The van der Waals surface area contributed by atoms with Crippen molar-refractivity contribution in [3.05, 3.63) is 102 Å². The number of rotatable bonds is 12. The lowest BCUT2D eigenvalue weighted by molar-refractivity contribution is -0.137. The van der Waals surface area contributed by atoms with Gasteiger partial charge in [0.05, 0.1) is 26.3 Å². The van der Waals surface area contributed by atoms with Crippen molar-refractivity contribution in [1.29, 1.82) is 0 Å². The van der Waals surface area contributed by atoms with E-state index in [9.17, 15) is 21.6 Å². The average Bonchev–Trinajstić information content (AvgIpc) is 3.09. The van der Waals surface area contributed by atoms with E-state index < -0.39 is 38.0 Å². The van der Waals surface area contributed by atoms with Gasteiger partial charge in [-0.15, -0.1) is 0 Å². The molecule has 2 heterocycles. The zero-order valence-electron chi connectivity index (χ0n) is 27.7. The summed E-state index contributed by atoms with van der Waals surface area (Å²) >= 11 is 0. The summed E-state index contributed by atoms with van der Waals surface area (Å²) < 4.78 is 96.0. The molecule has 5 rings (SSSR count). The van der Waals surface area contributed by atoms with Crippen LogP contribution in [0.5, 0.6) is 11.5 Å². The molecule has 9 nitrogen and oxygen atoms in total. The van der Waals surface area contributed by atoms with Gasteiger partial charge in [0, 0.05) is 48.2 Å². The minimum Gasteiger partial charge on any atom is -0.497 e. The second kappa shape index (κ2) is 14.6. The molecule has 14 heteroatoms. The van der Waals surface area contributed by atoms with Gasteiger partial charge in [0.1, 0.15) is 34.4 Å². The maximum atomic E-state index is 16.0. The molecule has 1 aromatic heterocycles.